The Bertz CT molecular complexity index is 1220. The average molecular weight is 363 g/mol. The van der Waals surface area contributed by atoms with Crippen molar-refractivity contribution in [2.24, 2.45) is 0 Å². The zero-order valence-corrected chi connectivity index (χ0v) is 14.4. The van der Waals surface area contributed by atoms with E-state index in [2.05, 4.69) is 20.3 Å². The third-order valence-corrected chi connectivity index (χ3v) is 4.32. The lowest BCUT2D eigenvalue weighted by molar-refractivity contribution is -0.116. The van der Waals surface area contributed by atoms with Crippen molar-refractivity contribution in [1.82, 2.24) is 19.5 Å². The number of benzene rings is 2. The number of aromatic amines is 2. The molecule has 27 heavy (non-hydrogen) atoms. The van der Waals surface area contributed by atoms with E-state index in [9.17, 15) is 14.4 Å². The highest BCUT2D eigenvalue weighted by atomic mass is 16.2. The number of nitrogens with one attached hydrogen (secondary N) is 3. The highest BCUT2D eigenvalue weighted by Gasteiger charge is 2.10. The van der Waals surface area contributed by atoms with Gasteiger partial charge < -0.3 is 9.97 Å². The molecule has 0 saturated carbocycles. The van der Waals surface area contributed by atoms with Gasteiger partial charge in [-0.05, 0) is 30.7 Å². The van der Waals surface area contributed by atoms with Crippen LogP contribution >= 0.6 is 0 Å². The van der Waals surface area contributed by atoms with Crippen LogP contribution in [-0.2, 0) is 11.3 Å². The largest absolute Gasteiger partial charge is 0.328 e. The lowest BCUT2D eigenvalue weighted by atomic mass is 10.2. The maximum absolute atomic E-state index is 12.4. The molecule has 0 radical (unpaired) electrons. The molecule has 0 saturated heterocycles. The van der Waals surface area contributed by atoms with Gasteiger partial charge in [-0.2, -0.15) is 0 Å². The molecule has 0 aliphatic rings. The van der Waals surface area contributed by atoms with Crippen LogP contribution in [0.25, 0.3) is 21.9 Å². The van der Waals surface area contributed by atoms with E-state index in [4.69, 9.17) is 0 Å². The van der Waals surface area contributed by atoms with E-state index >= 15 is 0 Å². The summed E-state index contributed by atoms with van der Waals surface area (Å²) in [5.74, 6) is 0.140. The number of rotatable bonds is 5. The molecule has 2 heterocycles. The molecule has 1 amide bonds. The van der Waals surface area contributed by atoms with Gasteiger partial charge in [0.15, 0.2) is 0 Å². The molecule has 0 fully saturated rings. The van der Waals surface area contributed by atoms with Crippen molar-refractivity contribution in [2.75, 3.05) is 5.32 Å². The normalized spacial score (nSPS) is 11.1. The number of fused-ring (bicyclic) bond motifs is 2. The number of carbonyl (C=O) groups is 1. The fourth-order valence-corrected chi connectivity index (χ4v) is 3.01. The number of para-hydroxylation sites is 3. The van der Waals surface area contributed by atoms with Crippen LogP contribution in [0.4, 0.5) is 5.95 Å². The van der Waals surface area contributed by atoms with Crippen LogP contribution in [0.5, 0.6) is 0 Å². The molecule has 0 atom stereocenters. The zero-order chi connectivity index (χ0) is 18.8. The maximum atomic E-state index is 12.4. The summed E-state index contributed by atoms with van der Waals surface area (Å²) >= 11 is 0. The molecule has 0 bridgehead atoms. The highest BCUT2D eigenvalue weighted by molar-refractivity contribution is 5.91. The Hall–Kier alpha value is -3.68. The number of anilines is 1. The Morgan fingerprint density at radius 1 is 1.00 bits per heavy atom. The van der Waals surface area contributed by atoms with E-state index in [1.54, 1.807) is 24.3 Å². The van der Waals surface area contributed by atoms with Gasteiger partial charge in [0, 0.05) is 13.0 Å². The van der Waals surface area contributed by atoms with Gasteiger partial charge in [-0.1, -0.05) is 24.3 Å². The van der Waals surface area contributed by atoms with E-state index in [0.717, 1.165) is 15.6 Å². The fourth-order valence-electron chi connectivity index (χ4n) is 3.01. The Labute approximate surface area is 152 Å². The summed E-state index contributed by atoms with van der Waals surface area (Å²) in [5, 5.41) is 3.15. The lowest BCUT2D eigenvalue weighted by Gasteiger charge is -2.06. The Balaban J connectivity index is 1.42. The van der Waals surface area contributed by atoms with Gasteiger partial charge in [-0.3, -0.25) is 19.5 Å². The monoisotopic (exact) mass is 363 g/mol. The van der Waals surface area contributed by atoms with E-state index in [-0.39, 0.29) is 24.4 Å². The molecule has 2 aromatic carbocycles. The average Bonchev–Trinajstić information content (AvgIpc) is 3.06. The van der Waals surface area contributed by atoms with Crippen molar-refractivity contribution in [3.63, 3.8) is 0 Å². The lowest BCUT2D eigenvalue weighted by Crippen LogP contribution is -2.35. The summed E-state index contributed by atoms with van der Waals surface area (Å²) in [4.78, 5) is 46.7. The number of hydrogen-bond acceptors (Lipinski definition) is 4. The molecule has 0 spiro atoms. The molecule has 0 unspecified atom stereocenters. The van der Waals surface area contributed by atoms with Crippen LogP contribution in [-0.4, -0.2) is 25.4 Å². The molecule has 8 heteroatoms. The summed E-state index contributed by atoms with van der Waals surface area (Å²) < 4.78 is 1.12. The second kappa shape index (κ2) is 6.91. The van der Waals surface area contributed by atoms with Crippen molar-refractivity contribution in [3.8, 4) is 0 Å². The van der Waals surface area contributed by atoms with Crippen LogP contribution in [0.1, 0.15) is 12.8 Å². The predicted octanol–water partition coefficient (Wildman–Crippen LogP) is 1.98. The second-order valence-corrected chi connectivity index (χ2v) is 6.19. The molecule has 2 aromatic heterocycles. The first-order valence-corrected chi connectivity index (χ1v) is 8.58. The van der Waals surface area contributed by atoms with Crippen LogP contribution in [0, 0.1) is 0 Å². The summed E-state index contributed by atoms with van der Waals surface area (Å²) in [6.07, 6.45) is 0.517. The maximum Gasteiger partial charge on any atom is 0.328 e. The quantitative estimate of drug-likeness (QED) is 0.503. The highest BCUT2D eigenvalue weighted by Crippen LogP contribution is 2.13. The van der Waals surface area contributed by atoms with Crippen molar-refractivity contribution in [2.45, 2.75) is 19.4 Å². The molecule has 0 aliphatic carbocycles. The van der Waals surface area contributed by atoms with E-state index < -0.39 is 5.69 Å². The Morgan fingerprint density at radius 3 is 2.56 bits per heavy atom. The SMILES string of the molecule is O=C(CCCn1c(=O)[nH]c2ccccc2c1=O)Nc1nc2ccccc2[nH]1. The third kappa shape index (κ3) is 3.37. The zero-order valence-electron chi connectivity index (χ0n) is 14.4. The Morgan fingerprint density at radius 2 is 1.74 bits per heavy atom. The van der Waals surface area contributed by atoms with Gasteiger partial charge in [0.1, 0.15) is 0 Å². The van der Waals surface area contributed by atoms with Crippen molar-refractivity contribution >= 4 is 33.8 Å². The standard InChI is InChI=1S/C19H17N5O3/c25-16(23-18-20-14-8-3-4-9-15(14)21-18)10-5-11-24-17(26)12-6-1-2-7-13(12)22-19(24)27/h1-4,6-9H,5,10-11H2,(H,22,27)(H2,20,21,23,25). The summed E-state index contributed by atoms with van der Waals surface area (Å²) in [5.41, 5.74) is 1.28. The molecule has 0 aliphatic heterocycles. The third-order valence-electron chi connectivity index (χ3n) is 4.32. The van der Waals surface area contributed by atoms with Gasteiger partial charge in [-0.15, -0.1) is 0 Å². The van der Waals surface area contributed by atoms with Gasteiger partial charge in [0.25, 0.3) is 5.56 Å². The second-order valence-electron chi connectivity index (χ2n) is 6.19. The molecule has 3 N–H and O–H groups in total. The molecule has 8 nitrogen and oxygen atoms in total. The first-order chi connectivity index (χ1) is 13.1. The van der Waals surface area contributed by atoms with Gasteiger partial charge in [-0.25, -0.2) is 9.78 Å². The number of carbonyl (C=O) groups excluding carboxylic acids is 1. The summed E-state index contributed by atoms with van der Waals surface area (Å²) in [6, 6.07) is 14.3. The number of nitrogens with zero attached hydrogens (tertiary/aromatic N) is 2. The molecule has 136 valence electrons. The first-order valence-electron chi connectivity index (χ1n) is 8.58. The predicted molar refractivity (Wildman–Crippen MR) is 103 cm³/mol. The molecule has 4 aromatic rings. The smallest absolute Gasteiger partial charge is 0.324 e. The fraction of sp³-hybridized carbons (Fsp3) is 0.158. The minimum Gasteiger partial charge on any atom is -0.324 e. The molecule has 4 rings (SSSR count). The topological polar surface area (TPSA) is 113 Å². The van der Waals surface area contributed by atoms with E-state index in [1.807, 2.05) is 24.3 Å². The Kier molecular flexibility index (Phi) is 4.29. The van der Waals surface area contributed by atoms with Gasteiger partial charge >= 0.3 is 5.69 Å². The van der Waals surface area contributed by atoms with E-state index in [0.29, 0.717) is 23.3 Å². The minimum atomic E-state index is -0.476. The van der Waals surface area contributed by atoms with Gasteiger partial charge in [0.05, 0.1) is 21.9 Å². The van der Waals surface area contributed by atoms with Crippen LogP contribution < -0.4 is 16.6 Å². The van der Waals surface area contributed by atoms with Gasteiger partial charge in [0.2, 0.25) is 11.9 Å². The molecular weight excluding hydrogens is 346 g/mol. The van der Waals surface area contributed by atoms with Crippen LogP contribution in [0.2, 0.25) is 0 Å². The first kappa shape index (κ1) is 16.8. The van der Waals surface area contributed by atoms with E-state index in [1.165, 1.54) is 0 Å². The number of hydrogen-bond donors (Lipinski definition) is 3. The number of imidazole rings is 1. The molecular formula is C19H17N5O3. The van der Waals surface area contributed by atoms with Crippen molar-refractivity contribution in [1.29, 1.82) is 0 Å². The van der Waals surface area contributed by atoms with Crippen molar-refractivity contribution in [3.05, 3.63) is 69.4 Å². The van der Waals surface area contributed by atoms with Crippen molar-refractivity contribution < 1.29 is 4.79 Å². The summed E-state index contributed by atoms with van der Waals surface area (Å²) in [7, 11) is 0. The minimum absolute atomic E-state index is 0.159. The number of aromatic nitrogens is 4. The van der Waals surface area contributed by atoms with Crippen LogP contribution in [0.15, 0.2) is 58.1 Å². The number of H-pyrrole nitrogens is 2. The van der Waals surface area contributed by atoms with Crippen LogP contribution in [0.3, 0.4) is 0 Å². The summed E-state index contributed by atoms with van der Waals surface area (Å²) in [6.45, 7) is 0.159. The number of amides is 1.